The highest BCUT2D eigenvalue weighted by molar-refractivity contribution is 5.97. The van der Waals surface area contributed by atoms with Crippen molar-refractivity contribution in [3.63, 3.8) is 0 Å². The van der Waals surface area contributed by atoms with Crippen molar-refractivity contribution >= 4 is 17.8 Å². The van der Waals surface area contributed by atoms with Crippen molar-refractivity contribution in [2.45, 2.75) is 45.2 Å². The van der Waals surface area contributed by atoms with Crippen LogP contribution in [0.4, 0.5) is 0 Å². The predicted molar refractivity (Wildman–Crippen MR) is 105 cm³/mol. The Labute approximate surface area is 170 Å². The van der Waals surface area contributed by atoms with E-state index in [2.05, 4.69) is 16.7 Å². The SMILES string of the molecule is COc1ccc(C(=O)N[C@H](C(=O)OCC(=O)N[C@@](C)(C#N)C2CC2)C(C)C)cc1. The third kappa shape index (κ3) is 5.95. The molecule has 8 heteroatoms. The lowest BCUT2D eigenvalue weighted by atomic mass is 9.98. The van der Waals surface area contributed by atoms with Gasteiger partial charge in [0.05, 0.1) is 13.2 Å². The number of carbonyl (C=O) groups is 3. The fourth-order valence-corrected chi connectivity index (χ4v) is 2.90. The third-order valence-electron chi connectivity index (χ3n) is 4.93. The maximum atomic E-state index is 12.4. The van der Waals surface area contributed by atoms with E-state index in [1.807, 2.05) is 0 Å². The molecule has 156 valence electrons. The zero-order valence-corrected chi connectivity index (χ0v) is 17.2. The number of benzene rings is 1. The Kier molecular flexibility index (Phi) is 7.21. The largest absolute Gasteiger partial charge is 0.497 e. The minimum absolute atomic E-state index is 0.124. The molecule has 0 saturated heterocycles. The summed E-state index contributed by atoms with van der Waals surface area (Å²) in [6, 6.07) is 7.67. The van der Waals surface area contributed by atoms with Crippen molar-refractivity contribution in [2.75, 3.05) is 13.7 Å². The van der Waals surface area contributed by atoms with Crippen LogP contribution in [0.5, 0.6) is 5.75 Å². The van der Waals surface area contributed by atoms with E-state index in [1.54, 1.807) is 45.0 Å². The Morgan fingerprint density at radius 1 is 1.24 bits per heavy atom. The maximum Gasteiger partial charge on any atom is 0.329 e. The van der Waals surface area contributed by atoms with E-state index in [0.717, 1.165) is 12.8 Å². The van der Waals surface area contributed by atoms with Crippen molar-refractivity contribution in [1.82, 2.24) is 10.6 Å². The number of nitrogens with one attached hydrogen (secondary N) is 2. The van der Waals surface area contributed by atoms with E-state index in [4.69, 9.17) is 9.47 Å². The summed E-state index contributed by atoms with van der Waals surface area (Å²) in [5, 5.41) is 14.6. The third-order valence-corrected chi connectivity index (χ3v) is 4.93. The molecule has 1 aromatic rings. The first-order valence-electron chi connectivity index (χ1n) is 9.54. The van der Waals surface area contributed by atoms with Crippen LogP contribution in [0.25, 0.3) is 0 Å². The molecule has 2 atom stereocenters. The van der Waals surface area contributed by atoms with E-state index >= 15 is 0 Å². The zero-order valence-electron chi connectivity index (χ0n) is 17.2. The number of esters is 1. The lowest BCUT2D eigenvalue weighted by molar-refractivity contribution is -0.151. The lowest BCUT2D eigenvalue weighted by Crippen LogP contribution is -2.49. The van der Waals surface area contributed by atoms with E-state index in [0.29, 0.717) is 11.3 Å². The fraction of sp³-hybridized carbons (Fsp3) is 0.524. The normalized spacial score (nSPS) is 16.1. The van der Waals surface area contributed by atoms with Crippen LogP contribution in [0.15, 0.2) is 24.3 Å². The molecule has 1 saturated carbocycles. The summed E-state index contributed by atoms with van der Waals surface area (Å²) in [7, 11) is 1.53. The first-order valence-corrected chi connectivity index (χ1v) is 9.54. The number of nitriles is 1. The second-order valence-corrected chi connectivity index (χ2v) is 7.67. The molecule has 8 nitrogen and oxygen atoms in total. The van der Waals surface area contributed by atoms with Gasteiger partial charge in [-0.05, 0) is 55.9 Å². The van der Waals surface area contributed by atoms with E-state index in [-0.39, 0.29) is 11.8 Å². The summed E-state index contributed by atoms with van der Waals surface area (Å²) in [6.07, 6.45) is 1.77. The number of nitrogens with zero attached hydrogens (tertiary/aromatic N) is 1. The van der Waals surface area contributed by atoms with Crippen molar-refractivity contribution in [2.24, 2.45) is 11.8 Å². The van der Waals surface area contributed by atoms with Gasteiger partial charge in [-0.2, -0.15) is 5.26 Å². The van der Waals surface area contributed by atoms with Gasteiger partial charge in [0.15, 0.2) is 6.61 Å². The Morgan fingerprint density at radius 2 is 1.86 bits per heavy atom. The molecule has 0 bridgehead atoms. The Hall–Kier alpha value is -3.08. The molecule has 0 radical (unpaired) electrons. The minimum Gasteiger partial charge on any atom is -0.497 e. The number of amides is 2. The molecule has 0 heterocycles. The monoisotopic (exact) mass is 401 g/mol. The Balaban J connectivity index is 1.92. The van der Waals surface area contributed by atoms with E-state index < -0.39 is 36.0 Å². The minimum atomic E-state index is -0.955. The fourth-order valence-electron chi connectivity index (χ4n) is 2.90. The molecule has 0 unspecified atom stereocenters. The average molecular weight is 401 g/mol. The Morgan fingerprint density at radius 3 is 2.34 bits per heavy atom. The van der Waals surface area contributed by atoms with Crippen LogP contribution in [0.3, 0.4) is 0 Å². The second kappa shape index (κ2) is 9.41. The van der Waals surface area contributed by atoms with Crippen molar-refractivity contribution < 1.29 is 23.9 Å². The molecule has 0 aliphatic heterocycles. The molecule has 2 amide bonds. The lowest BCUT2D eigenvalue weighted by Gasteiger charge is -2.24. The van der Waals surface area contributed by atoms with Crippen LogP contribution in [0, 0.1) is 23.2 Å². The van der Waals surface area contributed by atoms with Crippen LogP contribution in [0.2, 0.25) is 0 Å². The second-order valence-electron chi connectivity index (χ2n) is 7.67. The summed E-state index contributed by atoms with van der Waals surface area (Å²) in [5.41, 5.74) is -0.583. The predicted octanol–water partition coefficient (Wildman–Crippen LogP) is 1.80. The number of hydrogen-bond donors (Lipinski definition) is 2. The van der Waals surface area contributed by atoms with Crippen LogP contribution in [-0.2, 0) is 14.3 Å². The van der Waals surface area contributed by atoms with Crippen LogP contribution in [-0.4, -0.2) is 43.1 Å². The van der Waals surface area contributed by atoms with Crippen molar-refractivity contribution in [1.29, 1.82) is 5.26 Å². The Bertz CT molecular complexity index is 796. The van der Waals surface area contributed by atoms with Gasteiger partial charge in [0, 0.05) is 5.56 Å². The first kappa shape index (κ1) is 22.2. The zero-order chi connectivity index (χ0) is 21.6. The van der Waals surface area contributed by atoms with Crippen LogP contribution in [0.1, 0.15) is 44.0 Å². The number of rotatable bonds is 9. The molecular weight excluding hydrogens is 374 g/mol. The molecule has 29 heavy (non-hydrogen) atoms. The molecule has 0 aromatic heterocycles. The quantitative estimate of drug-likeness (QED) is 0.609. The standard InChI is InChI=1S/C21H27N3O5/c1-13(2)18(23-19(26)14-5-9-16(28-4)10-6-14)20(27)29-11-17(25)24-21(3,12-22)15-7-8-15/h5-6,9-10,13,15,18H,7-8,11H2,1-4H3,(H,23,26)(H,24,25)/t18-,21-/m0/s1. The van der Waals surface area contributed by atoms with Gasteiger partial charge in [0.25, 0.3) is 11.8 Å². The summed E-state index contributed by atoms with van der Waals surface area (Å²) >= 11 is 0. The van der Waals surface area contributed by atoms with E-state index in [9.17, 15) is 19.6 Å². The molecule has 1 aromatic carbocycles. The average Bonchev–Trinajstić information content (AvgIpc) is 3.55. The van der Waals surface area contributed by atoms with Crippen molar-refractivity contribution in [3.8, 4) is 11.8 Å². The van der Waals surface area contributed by atoms with Gasteiger partial charge in [-0.25, -0.2) is 4.79 Å². The smallest absolute Gasteiger partial charge is 0.329 e. The van der Waals surface area contributed by atoms with Gasteiger partial charge < -0.3 is 20.1 Å². The molecule has 0 spiro atoms. The number of carbonyl (C=O) groups excluding carboxylic acids is 3. The molecule has 2 rings (SSSR count). The first-order chi connectivity index (χ1) is 13.7. The van der Waals surface area contributed by atoms with Gasteiger partial charge in [-0.1, -0.05) is 13.8 Å². The van der Waals surface area contributed by atoms with Crippen molar-refractivity contribution in [3.05, 3.63) is 29.8 Å². The van der Waals surface area contributed by atoms with E-state index in [1.165, 1.54) is 7.11 Å². The summed E-state index contributed by atoms with van der Waals surface area (Å²) in [5.74, 6) is -1.19. The van der Waals surface area contributed by atoms with Gasteiger partial charge in [-0.3, -0.25) is 9.59 Å². The molecule has 1 aliphatic rings. The number of hydrogen-bond acceptors (Lipinski definition) is 6. The van der Waals surface area contributed by atoms with Gasteiger partial charge in [0.2, 0.25) is 0 Å². The van der Waals surface area contributed by atoms with Gasteiger partial charge in [-0.15, -0.1) is 0 Å². The summed E-state index contributed by atoms with van der Waals surface area (Å²) in [6.45, 7) is 4.68. The molecular formula is C21H27N3O5. The molecule has 1 aliphatic carbocycles. The molecule has 2 N–H and O–H groups in total. The van der Waals surface area contributed by atoms with Gasteiger partial charge >= 0.3 is 5.97 Å². The molecule has 1 fully saturated rings. The van der Waals surface area contributed by atoms with Crippen LogP contribution >= 0.6 is 0 Å². The summed E-state index contributed by atoms with van der Waals surface area (Å²) < 4.78 is 10.2. The maximum absolute atomic E-state index is 12.4. The van der Waals surface area contributed by atoms with Crippen LogP contribution < -0.4 is 15.4 Å². The summed E-state index contributed by atoms with van der Waals surface area (Å²) in [4.78, 5) is 37.0. The highest BCUT2D eigenvalue weighted by Crippen LogP contribution is 2.39. The van der Waals surface area contributed by atoms with Gasteiger partial charge in [0.1, 0.15) is 17.3 Å². The topological polar surface area (TPSA) is 118 Å². The number of methoxy groups -OCH3 is 1. The highest BCUT2D eigenvalue weighted by atomic mass is 16.5. The number of ether oxygens (including phenoxy) is 2. The highest BCUT2D eigenvalue weighted by Gasteiger charge is 2.43.